The minimum Gasteiger partial charge on any atom is -0.482 e. The summed E-state index contributed by atoms with van der Waals surface area (Å²) in [5, 5.41) is 17.7. The van der Waals surface area contributed by atoms with E-state index in [1.54, 1.807) is 36.4 Å². The van der Waals surface area contributed by atoms with E-state index in [9.17, 15) is 19.2 Å². The van der Waals surface area contributed by atoms with Crippen molar-refractivity contribution in [2.24, 2.45) is 11.7 Å². The summed E-state index contributed by atoms with van der Waals surface area (Å²) < 4.78 is 11.6. The molecule has 0 radical (unpaired) electrons. The van der Waals surface area contributed by atoms with Gasteiger partial charge in [0.2, 0.25) is 11.8 Å². The Morgan fingerprint density at radius 3 is 1.44 bits per heavy atom. The van der Waals surface area contributed by atoms with Gasteiger partial charge in [-0.15, -0.1) is 0 Å². The number of nitrogens with two attached hydrogens (primary N) is 1. The molecule has 1 unspecified atom stereocenters. The first-order valence-corrected chi connectivity index (χ1v) is 26.3. The molecular weight excluding hydrogens is 986 g/mol. The molecule has 5 fully saturated rings. The van der Waals surface area contributed by atoms with Crippen LogP contribution in [0.4, 0.5) is 11.4 Å². The molecule has 71 heavy (non-hydrogen) atoms. The number of carbonyl (C=O) groups excluding carboxylic acids is 4. The smallest absolute Gasteiger partial charge is 0.258 e. The van der Waals surface area contributed by atoms with Gasteiger partial charge in [-0.25, -0.2) is 0 Å². The molecule has 380 valence electrons. The van der Waals surface area contributed by atoms with E-state index in [0.717, 1.165) is 93.9 Å². The van der Waals surface area contributed by atoms with E-state index in [2.05, 4.69) is 60.6 Å². The number of ether oxygens (including phenoxy) is 2. The molecule has 4 amide bonds. The summed E-state index contributed by atoms with van der Waals surface area (Å²) in [6.45, 7) is 3.41. The second-order valence-corrected chi connectivity index (χ2v) is 21.1. The molecule has 0 aliphatic carbocycles. The Balaban J connectivity index is 0.000000191. The zero-order valence-electron chi connectivity index (χ0n) is 39.8. The van der Waals surface area contributed by atoms with Crippen LogP contribution in [0.2, 0.25) is 20.1 Å². The molecule has 14 nitrogen and oxygen atoms in total. The topological polar surface area (TPSA) is 179 Å². The minimum absolute atomic E-state index is 0.0652. The van der Waals surface area contributed by atoms with Gasteiger partial charge in [0.15, 0.2) is 13.2 Å². The lowest BCUT2D eigenvalue weighted by Gasteiger charge is -2.39. The van der Waals surface area contributed by atoms with E-state index in [4.69, 9.17) is 61.6 Å². The molecule has 7 atom stereocenters. The summed E-state index contributed by atoms with van der Waals surface area (Å²) >= 11 is 24.3. The summed E-state index contributed by atoms with van der Waals surface area (Å²) in [5.41, 5.74) is 8.87. The van der Waals surface area contributed by atoms with Crippen molar-refractivity contribution in [3.8, 4) is 11.5 Å². The highest BCUT2D eigenvalue weighted by molar-refractivity contribution is 6.31. The Morgan fingerprint density at radius 2 is 1.01 bits per heavy atom. The van der Waals surface area contributed by atoms with Crippen LogP contribution in [-0.2, 0) is 32.3 Å². The van der Waals surface area contributed by atoms with Gasteiger partial charge in [-0.1, -0.05) is 70.7 Å². The van der Waals surface area contributed by atoms with E-state index in [0.29, 0.717) is 63.6 Å². The Bertz CT molecular complexity index is 2430. The molecule has 5 aliphatic rings. The monoisotopic (exact) mass is 1050 g/mol. The van der Waals surface area contributed by atoms with Gasteiger partial charge in [-0.2, -0.15) is 0 Å². The van der Waals surface area contributed by atoms with Crippen LogP contribution in [0.1, 0.15) is 81.8 Å². The molecule has 4 bridgehead atoms. The first kappa shape index (κ1) is 52.7. The Morgan fingerprint density at radius 1 is 0.577 bits per heavy atom. The summed E-state index contributed by atoms with van der Waals surface area (Å²) in [6.07, 6.45) is 10.4. The van der Waals surface area contributed by atoms with E-state index >= 15 is 0 Å². The lowest BCUT2D eigenvalue weighted by Crippen LogP contribution is -2.50. The average Bonchev–Trinajstić information content (AvgIpc) is 3.71. The van der Waals surface area contributed by atoms with Crippen LogP contribution in [0.5, 0.6) is 11.5 Å². The largest absolute Gasteiger partial charge is 0.482 e. The van der Waals surface area contributed by atoms with E-state index in [-0.39, 0.29) is 67.8 Å². The van der Waals surface area contributed by atoms with Crippen LogP contribution in [0.15, 0.2) is 84.9 Å². The maximum absolute atomic E-state index is 12.8. The highest BCUT2D eigenvalue weighted by Gasteiger charge is 2.42. The molecule has 5 heterocycles. The third kappa shape index (κ3) is 15.0. The second kappa shape index (κ2) is 25.3. The van der Waals surface area contributed by atoms with Crippen molar-refractivity contribution >= 4 is 81.4 Å². The molecule has 9 rings (SSSR count). The highest BCUT2D eigenvalue weighted by Crippen LogP contribution is 2.39. The van der Waals surface area contributed by atoms with Crippen LogP contribution in [0.25, 0.3) is 0 Å². The molecule has 5 aliphatic heterocycles. The number of halogens is 4. The maximum atomic E-state index is 12.8. The number of nitrogens with zero attached hydrogens (tertiary/aromatic N) is 2. The zero-order chi connectivity index (χ0) is 49.9. The SMILES string of the molecule is NCCC(=O)Nc1cc(Cl)ccc1OCC(=O)N[C@H]1C[C@H]2CC[C@@H](C1)N2Cc1ccc(Cl)cc1.O=C(COc1ccc(Cl)cc1NC(=O)C1CCCNC1)N[C@H]1C[C@H]2CC[C@@H](C1)N2Cc1ccc(Cl)cc1. The van der Waals surface area contributed by atoms with Crippen molar-refractivity contribution in [1.82, 2.24) is 25.8 Å². The van der Waals surface area contributed by atoms with E-state index < -0.39 is 0 Å². The van der Waals surface area contributed by atoms with Crippen LogP contribution in [0.3, 0.4) is 0 Å². The van der Waals surface area contributed by atoms with Crippen molar-refractivity contribution < 1.29 is 28.7 Å². The zero-order valence-corrected chi connectivity index (χ0v) is 42.8. The van der Waals surface area contributed by atoms with Gasteiger partial charge in [0.25, 0.3) is 11.8 Å². The summed E-state index contributed by atoms with van der Waals surface area (Å²) in [4.78, 5) is 55.2. The molecule has 0 spiro atoms. The van der Waals surface area contributed by atoms with Gasteiger partial charge in [-0.05, 0) is 143 Å². The summed E-state index contributed by atoms with van der Waals surface area (Å²) in [5.74, 6) is 0.107. The molecule has 0 aromatic heterocycles. The highest BCUT2D eigenvalue weighted by atomic mass is 35.5. The predicted molar refractivity (Wildman–Crippen MR) is 280 cm³/mol. The van der Waals surface area contributed by atoms with E-state index in [1.165, 1.54) is 11.1 Å². The molecule has 4 aromatic rings. The number of nitrogens with one attached hydrogen (secondary N) is 5. The molecule has 4 aromatic carbocycles. The van der Waals surface area contributed by atoms with Crippen molar-refractivity contribution in [2.75, 3.05) is 43.5 Å². The quantitative estimate of drug-likeness (QED) is 0.0600. The normalized spacial score (nSPS) is 23.7. The number of fused-ring (bicyclic) bond motifs is 4. The predicted octanol–water partition coefficient (Wildman–Crippen LogP) is 8.59. The van der Waals surface area contributed by atoms with Crippen molar-refractivity contribution in [1.29, 1.82) is 0 Å². The van der Waals surface area contributed by atoms with Crippen molar-refractivity contribution in [3.63, 3.8) is 0 Å². The van der Waals surface area contributed by atoms with Gasteiger partial charge in [0.1, 0.15) is 11.5 Å². The Kier molecular flexibility index (Phi) is 18.8. The number of anilines is 2. The number of hydrogen-bond donors (Lipinski definition) is 6. The number of amides is 4. The molecule has 0 saturated carbocycles. The summed E-state index contributed by atoms with van der Waals surface area (Å²) in [6, 6.07) is 28.1. The van der Waals surface area contributed by atoms with Gasteiger partial charge >= 0.3 is 0 Å². The number of carbonyl (C=O) groups is 4. The summed E-state index contributed by atoms with van der Waals surface area (Å²) in [7, 11) is 0. The molecule has 7 N–H and O–H groups in total. The standard InChI is InChI=1S/C28H34Cl2N4O3.C25H30Cl2N4O3/c29-20-5-3-18(4-6-20)16-34-23-8-9-24(34)14-22(13-23)32-27(35)17-37-26-10-7-21(30)12-25(26)33-28(36)19-2-1-11-31-15-19;26-17-3-1-16(2-4-17)14-31-20-6-7-21(31)13-19(12-20)29-25(33)15-34-23-8-5-18(27)11-22(23)30-24(32)9-10-28/h3-7,10,12,19,22-24,31H,1-2,8-9,11,13-17H2,(H,32,35)(H,33,36);1-5,8,11,19-21H,6-7,9-10,12-15,28H2,(H,29,33)(H,30,32)/t19?,22-,23+,24-;19-,20+,21-. The van der Waals surface area contributed by atoms with Gasteiger partial charge < -0.3 is 41.8 Å². The fourth-order valence-corrected chi connectivity index (χ4v) is 11.4. The van der Waals surface area contributed by atoms with Crippen LogP contribution in [0, 0.1) is 5.92 Å². The van der Waals surface area contributed by atoms with Crippen molar-refractivity contribution in [3.05, 3.63) is 116 Å². The average molecular weight is 1050 g/mol. The Labute approximate surface area is 436 Å². The van der Waals surface area contributed by atoms with Gasteiger partial charge in [0, 0.05) is 88.9 Å². The fourth-order valence-electron chi connectivity index (χ4n) is 10.8. The molecule has 18 heteroatoms. The van der Waals surface area contributed by atoms with Gasteiger partial charge in [-0.3, -0.25) is 29.0 Å². The van der Waals surface area contributed by atoms with Crippen molar-refractivity contribution in [2.45, 2.75) is 120 Å². The number of rotatable bonds is 17. The van der Waals surface area contributed by atoms with E-state index in [1.807, 2.05) is 24.3 Å². The number of piperidine rings is 3. The van der Waals surface area contributed by atoms with Crippen LogP contribution >= 0.6 is 46.4 Å². The third-order valence-corrected chi connectivity index (χ3v) is 15.2. The lowest BCUT2D eigenvalue weighted by atomic mass is 9.96. The number of benzene rings is 4. The Hall–Kier alpha value is -4.64. The first-order chi connectivity index (χ1) is 34.3. The molecular formula is C53H64Cl4N8O6. The second-order valence-electron chi connectivity index (χ2n) is 19.3. The number of hydrogen-bond acceptors (Lipinski definition) is 10. The first-order valence-electron chi connectivity index (χ1n) is 24.8. The minimum atomic E-state index is -0.236. The fraction of sp³-hybridized carbons (Fsp3) is 0.472. The van der Waals surface area contributed by atoms with Crippen LogP contribution in [-0.4, -0.2) is 103 Å². The maximum Gasteiger partial charge on any atom is 0.258 e. The van der Waals surface area contributed by atoms with Gasteiger partial charge in [0.05, 0.1) is 17.3 Å². The molecule has 5 saturated heterocycles. The lowest BCUT2D eigenvalue weighted by molar-refractivity contribution is -0.125. The van der Waals surface area contributed by atoms with Crippen LogP contribution < -0.4 is 41.8 Å². The third-order valence-electron chi connectivity index (χ3n) is 14.2.